The van der Waals surface area contributed by atoms with Gasteiger partial charge in [0, 0.05) is 0 Å². The fraction of sp³-hybridized carbons (Fsp3) is 0.921. The highest BCUT2D eigenvalue weighted by Crippen LogP contribution is 2.73. The number of carbonyl (C=O) groups is 1. The van der Waals surface area contributed by atoms with Gasteiger partial charge < -0.3 is 84.6 Å². The molecular weight excluding hydrogens is 744 g/mol. The number of esters is 1. The first-order chi connectivity index (χ1) is 26.4. The monoisotopic (exact) mass is 804 g/mol. The standard InChI is InChI=1S/C38H60O18/c1-16-11-37-9-5-20-35(2,7-4-8-36(20,3)34(50)55-32-29(49)26(46)23(43)18(13-40)52-32)21(37)6-10-38(16,15-37)56-33-30(27(47)24(44)19(14-41)53-33)54-31-28(48)25(45)22(42)17(12-39)51-31/h17-33,39-49H,1,4-15H2,2-3H3/t17-,18-,19-,20+,21+,22?,23?,24?,25+,26+,27?,28?,29?,30?,31?,32+,33?,35?,36-,37-,38?/m1/s1. The maximum absolute atomic E-state index is 14.1. The summed E-state index contributed by atoms with van der Waals surface area (Å²) in [5.41, 5.74) is -1.80. The van der Waals surface area contributed by atoms with Crippen molar-refractivity contribution < 1.29 is 89.4 Å². The van der Waals surface area contributed by atoms with Gasteiger partial charge >= 0.3 is 5.97 Å². The van der Waals surface area contributed by atoms with Gasteiger partial charge in [-0.1, -0.05) is 19.9 Å². The molecule has 4 saturated carbocycles. The molecule has 11 unspecified atom stereocenters. The largest absolute Gasteiger partial charge is 0.432 e. The number of rotatable bonds is 9. The third kappa shape index (κ3) is 6.69. The van der Waals surface area contributed by atoms with E-state index in [0.717, 1.165) is 18.4 Å². The lowest BCUT2D eigenvalue weighted by atomic mass is 9.41. The molecule has 21 atom stereocenters. The normalized spacial score (nSPS) is 54.6. The molecule has 11 N–H and O–H groups in total. The zero-order chi connectivity index (χ0) is 40.7. The number of aliphatic hydroxyl groups excluding tert-OH is 11. The van der Waals surface area contributed by atoms with E-state index in [-0.39, 0.29) is 22.7 Å². The Morgan fingerprint density at radius 1 is 0.679 bits per heavy atom. The number of hydrogen-bond donors (Lipinski definition) is 11. The molecule has 1 spiro atoms. The van der Waals surface area contributed by atoms with E-state index in [1.54, 1.807) is 0 Å². The maximum Gasteiger partial charge on any atom is 0.314 e. The molecule has 0 amide bonds. The van der Waals surface area contributed by atoms with Crippen molar-refractivity contribution in [2.45, 2.75) is 169 Å². The molecule has 3 aliphatic heterocycles. The van der Waals surface area contributed by atoms with Gasteiger partial charge in [-0.25, -0.2) is 0 Å². The second-order valence-electron chi connectivity index (χ2n) is 18.0. The lowest BCUT2D eigenvalue weighted by Gasteiger charge is -2.64. The minimum absolute atomic E-state index is 0.121. The lowest BCUT2D eigenvalue weighted by molar-refractivity contribution is -0.378. The fourth-order valence-electron chi connectivity index (χ4n) is 12.0. The van der Waals surface area contributed by atoms with Crippen LogP contribution in [0.1, 0.15) is 71.6 Å². The Kier molecular flexibility index (Phi) is 11.9. The van der Waals surface area contributed by atoms with E-state index in [4.69, 9.17) is 28.4 Å². The minimum atomic E-state index is -1.81. The van der Waals surface area contributed by atoms with E-state index in [0.29, 0.717) is 44.9 Å². The number of ether oxygens (including phenoxy) is 6. The first-order valence-electron chi connectivity index (χ1n) is 19.9. The smallest absolute Gasteiger partial charge is 0.314 e. The van der Waals surface area contributed by atoms with Crippen LogP contribution in [0.2, 0.25) is 0 Å². The number of aliphatic hydroxyl groups is 11. The fourth-order valence-corrected chi connectivity index (χ4v) is 12.0. The second kappa shape index (κ2) is 15.6. The average Bonchev–Trinajstić information content (AvgIpc) is 3.37. The van der Waals surface area contributed by atoms with Gasteiger partial charge in [-0.3, -0.25) is 4.79 Å². The average molecular weight is 805 g/mol. The van der Waals surface area contributed by atoms with Crippen LogP contribution in [0.25, 0.3) is 0 Å². The van der Waals surface area contributed by atoms with Crippen molar-refractivity contribution in [2.24, 2.45) is 28.1 Å². The molecule has 7 rings (SSSR count). The molecule has 7 aliphatic rings. The summed E-state index contributed by atoms with van der Waals surface area (Å²) in [6.07, 6.45) is -17.8. The quantitative estimate of drug-likeness (QED) is 0.0631. The van der Waals surface area contributed by atoms with E-state index in [1.807, 2.05) is 6.92 Å². The predicted molar refractivity (Wildman–Crippen MR) is 186 cm³/mol. The zero-order valence-electron chi connectivity index (χ0n) is 31.8. The van der Waals surface area contributed by atoms with Gasteiger partial charge in [0.25, 0.3) is 0 Å². The van der Waals surface area contributed by atoms with Crippen LogP contribution in [0.5, 0.6) is 0 Å². The Hall–Kier alpha value is -1.43. The summed E-state index contributed by atoms with van der Waals surface area (Å²) in [6, 6.07) is 0. The van der Waals surface area contributed by atoms with Crippen LogP contribution in [0.3, 0.4) is 0 Å². The zero-order valence-corrected chi connectivity index (χ0v) is 31.8. The predicted octanol–water partition coefficient (Wildman–Crippen LogP) is -2.94. The topological polar surface area (TPSA) is 295 Å². The van der Waals surface area contributed by atoms with Crippen LogP contribution >= 0.6 is 0 Å². The molecular formula is C38H60O18. The van der Waals surface area contributed by atoms with Crippen LogP contribution in [0.15, 0.2) is 12.2 Å². The summed E-state index contributed by atoms with van der Waals surface area (Å²) in [5.74, 6) is -0.591. The summed E-state index contributed by atoms with van der Waals surface area (Å²) in [6.45, 7) is 6.52. The Morgan fingerprint density at radius 2 is 1.21 bits per heavy atom. The Morgan fingerprint density at radius 3 is 1.82 bits per heavy atom. The molecule has 56 heavy (non-hydrogen) atoms. The molecule has 3 saturated heterocycles. The molecule has 18 heteroatoms. The molecule has 0 aromatic heterocycles. The number of hydrogen-bond acceptors (Lipinski definition) is 18. The van der Waals surface area contributed by atoms with Gasteiger partial charge in [0.1, 0.15) is 73.2 Å². The van der Waals surface area contributed by atoms with Crippen molar-refractivity contribution in [3.63, 3.8) is 0 Å². The molecule has 3 heterocycles. The summed E-state index contributed by atoms with van der Waals surface area (Å²) in [7, 11) is 0. The van der Waals surface area contributed by atoms with E-state index >= 15 is 0 Å². The van der Waals surface area contributed by atoms with E-state index in [2.05, 4.69) is 13.5 Å². The highest BCUT2D eigenvalue weighted by Gasteiger charge is 2.69. The molecule has 0 aromatic carbocycles. The minimum Gasteiger partial charge on any atom is -0.432 e. The summed E-state index contributed by atoms with van der Waals surface area (Å²) < 4.78 is 35.6. The number of fused-ring (bicyclic) bond motifs is 3. The van der Waals surface area contributed by atoms with E-state index in [9.17, 15) is 61.0 Å². The van der Waals surface area contributed by atoms with Gasteiger partial charge in [-0.15, -0.1) is 0 Å². The SMILES string of the molecule is C=C1C[C@@]23CC[C@H]4C(C)(CCC[C@@]4(C)C(=O)O[C@@H]4O[C@H](CO)C(O)[C@H](O)C4O)[C@@H]2CCC1(OC1O[C@H](CO)C(O)C(O)C1OC1O[C@H](CO)C(O)[C@H](O)C1O)C3. The molecule has 4 aliphatic carbocycles. The number of carbonyl (C=O) groups excluding carboxylic acids is 1. The first-order valence-corrected chi connectivity index (χ1v) is 19.9. The van der Waals surface area contributed by atoms with Crippen molar-refractivity contribution in [3.8, 4) is 0 Å². The van der Waals surface area contributed by atoms with Gasteiger partial charge in [0.05, 0.1) is 30.8 Å². The van der Waals surface area contributed by atoms with Crippen molar-refractivity contribution in [1.29, 1.82) is 0 Å². The van der Waals surface area contributed by atoms with Crippen molar-refractivity contribution in [1.82, 2.24) is 0 Å². The van der Waals surface area contributed by atoms with Gasteiger partial charge in [0.2, 0.25) is 6.29 Å². The molecule has 0 radical (unpaired) electrons. The maximum atomic E-state index is 14.1. The Labute approximate surface area is 324 Å². The molecule has 0 aromatic rings. The highest BCUT2D eigenvalue weighted by atomic mass is 16.8. The molecule has 18 nitrogen and oxygen atoms in total. The lowest BCUT2D eigenvalue weighted by Crippen LogP contribution is -2.65. The second-order valence-corrected chi connectivity index (χ2v) is 18.0. The summed E-state index contributed by atoms with van der Waals surface area (Å²) in [4.78, 5) is 14.1. The third-order valence-electron chi connectivity index (χ3n) is 15.0. The summed E-state index contributed by atoms with van der Waals surface area (Å²) >= 11 is 0. The van der Waals surface area contributed by atoms with Crippen molar-refractivity contribution >= 4 is 5.97 Å². The van der Waals surface area contributed by atoms with Crippen LogP contribution in [-0.2, 0) is 33.2 Å². The molecule has 320 valence electrons. The Balaban J connectivity index is 1.10. The van der Waals surface area contributed by atoms with Crippen LogP contribution in [-0.4, -0.2) is 180 Å². The van der Waals surface area contributed by atoms with Crippen molar-refractivity contribution in [3.05, 3.63) is 12.2 Å². The summed E-state index contributed by atoms with van der Waals surface area (Å²) in [5, 5.41) is 114. The van der Waals surface area contributed by atoms with Crippen molar-refractivity contribution in [2.75, 3.05) is 19.8 Å². The molecule has 2 bridgehead atoms. The van der Waals surface area contributed by atoms with Crippen LogP contribution in [0, 0.1) is 28.1 Å². The van der Waals surface area contributed by atoms with Gasteiger partial charge in [-0.05, 0) is 86.5 Å². The van der Waals surface area contributed by atoms with E-state index in [1.165, 1.54) is 0 Å². The highest BCUT2D eigenvalue weighted by molar-refractivity contribution is 5.77. The Bertz CT molecular complexity index is 1450. The van der Waals surface area contributed by atoms with Crippen LogP contribution < -0.4 is 0 Å². The van der Waals surface area contributed by atoms with Gasteiger partial charge in [0.15, 0.2) is 12.6 Å². The first kappa shape index (κ1) is 42.7. The molecule has 7 fully saturated rings. The van der Waals surface area contributed by atoms with Crippen LogP contribution in [0.4, 0.5) is 0 Å². The third-order valence-corrected chi connectivity index (χ3v) is 15.0. The van der Waals surface area contributed by atoms with E-state index < -0.39 is 129 Å². The van der Waals surface area contributed by atoms with Gasteiger partial charge in [-0.2, -0.15) is 0 Å².